The van der Waals surface area contributed by atoms with Gasteiger partial charge in [0.1, 0.15) is 0 Å². The number of anilines is 1. The fourth-order valence-corrected chi connectivity index (χ4v) is 4.95. The number of nitrogens with one attached hydrogen (secondary N) is 1. The number of carbonyl (C=O) groups excluding carboxylic acids is 2. The van der Waals surface area contributed by atoms with Gasteiger partial charge in [0, 0.05) is 5.39 Å². The van der Waals surface area contributed by atoms with Crippen LogP contribution in [0.25, 0.3) is 16.8 Å². The van der Waals surface area contributed by atoms with E-state index in [-0.39, 0.29) is 31.8 Å². The van der Waals surface area contributed by atoms with Crippen molar-refractivity contribution in [1.82, 2.24) is 5.01 Å². The van der Waals surface area contributed by atoms with E-state index < -0.39 is 23.9 Å². The predicted octanol–water partition coefficient (Wildman–Crippen LogP) is 8.78. The monoisotopic (exact) mass is 574 g/mol. The van der Waals surface area contributed by atoms with E-state index in [9.17, 15) is 22.8 Å². The molecule has 0 aromatic heterocycles. The number of halogens is 6. The van der Waals surface area contributed by atoms with Gasteiger partial charge in [-0.15, -0.1) is 0 Å². The number of amides is 2. The highest BCUT2D eigenvalue weighted by Gasteiger charge is 2.39. The molecule has 1 aliphatic heterocycles. The van der Waals surface area contributed by atoms with Gasteiger partial charge in [-0.25, -0.2) is 0 Å². The third-order valence-corrected chi connectivity index (χ3v) is 7.37. The zero-order valence-corrected chi connectivity index (χ0v) is 21.5. The Kier molecular flexibility index (Phi) is 6.86. The fraction of sp³-hybridized carbons (Fsp3) is 0.0714. The van der Waals surface area contributed by atoms with Gasteiger partial charge >= 0.3 is 6.18 Å². The summed E-state index contributed by atoms with van der Waals surface area (Å²) in [7, 11) is 0. The first-order valence-corrected chi connectivity index (χ1v) is 12.3. The maximum atomic E-state index is 14.0. The summed E-state index contributed by atoms with van der Waals surface area (Å²) in [5, 5.41) is 1.96. The van der Waals surface area contributed by atoms with Crippen molar-refractivity contribution in [3.8, 4) is 0 Å². The van der Waals surface area contributed by atoms with Crippen molar-refractivity contribution >= 4 is 69.2 Å². The van der Waals surface area contributed by atoms with Crippen LogP contribution >= 0.6 is 34.8 Å². The number of hydrogen-bond donors (Lipinski definition) is 1. The summed E-state index contributed by atoms with van der Waals surface area (Å²) in [5.41, 5.74) is 4.24. The molecule has 1 atom stereocenters. The van der Waals surface area contributed by atoms with Gasteiger partial charge in [0.15, 0.2) is 0 Å². The van der Waals surface area contributed by atoms with E-state index in [4.69, 9.17) is 34.8 Å². The molecule has 0 bridgehead atoms. The van der Waals surface area contributed by atoms with Gasteiger partial charge < -0.3 is 0 Å². The van der Waals surface area contributed by atoms with Crippen LogP contribution in [0.4, 0.5) is 18.9 Å². The number of rotatable bonds is 5. The van der Waals surface area contributed by atoms with Crippen molar-refractivity contribution in [2.24, 2.45) is 0 Å². The van der Waals surface area contributed by atoms with Crippen molar-refractivity contribution in [1.29, 1.82) is 0 Å². The molecule has 0 aliphatic carbocycles. The minimum Gasteiger partial charge on any atom is -0.288 e. The maximum absolute atomic E-state index is 14.0. The number of carbonyl (C=O) groups is 2. The van der Waals surface area contributed by atoms with Gasteiger partial charge in [0.05, 0.1) is 37.8 Å². The molecule has 1 heterocycles. The third-order valence-electron chi connectivity index (χ3n) is 6.17. The molecule has 1 aliphatic rings. The smallest absolute Gasteiger partial charge is 0.288 e. The molecule has 0 radical (unpaired) electrons. The van der Waals surface area contributed by atoms with Crippen molar-refractivity contribution in [2.45, 2.75) is 12.1 Å². The number of imide groups is 1. The van der Waals surface area contributed by atoms with Crippen LogP contribution in [-0.2, 0) is 0 Å². The van der Waals surface area contributed by atoms with Crippen LogP contribution < -0.4 is 5.43 Å². The normalized spacial score (nSPS) is 14.4. The van der Waals surface area contributed by atoms with E-state index in [0.29, 0.717) is 22.0 Å². The molecule has 0 saturated carbocycles. The number of benzene rings is 4. The molecular weight excluding hydrogens is 560 g/mol. The molecule has 4 aromatic carbocycles. The Labute approximate surface area is 230 Å². The van der Waals surface area contributed by atoms with Crippen molar-refractivity contribution in [3.05, 3.63) is 116 Å². The van der Waals surface area contributed by atoms with E-state index in [1.807, 2.05) is 0 Å². The van der Waals surface area contributed by atoms with E-state index in [2.05, 4.69) is 5.43 Å². The van der Waals surface area contributed by atoms with Crippen LogP contribution in [-0.4, -0.2) is 23.0 Å². The number of alkyl halides is 3. The SMILES string of the molecule is O=C1c2ccccc2C(=O)N1Nc1ccc(/C=C/C(c2cc(Cl)c(Cl)c(Cl)c2)C(F)(F)F)c2ccccc12. The topological polar surface area (TPSA) is 49.4 Å². The van der Waals surface area contributed by atoms with E-state index in [1.54, 1.807) is 60.7 Å². The van der Waals surface area contributed by atoms with Crippen LogP contribution in [0, 0.1) is 0 Å². The Balaban J connectivity index is 1.51. The second-order valence-electron chi connectivity index (χ2n) is 8.53. The van der Waals surface area contributed by atoms with Crippen LogP contribution in [0.3, 0.4) is 0 Å². The Morgan fingerprint density at radius 1 is 0.789 bits per heavy atom. The summed E-state index contributed by atoms with van der Waals surface area (Å²) >= 11 is 17.9. The van der Waals surface area contributed by atoms with Gasteiger partial charge in [0.2, 0.25) is 0 Å². The lowest BCUT2D eigenvalue weighted by molar-refractivity contribution is -0.139. The summed E-state index contributed by atoms with van der Waals surface area (Å²) in [5.74, 6) is -2.98. The second kappa shape index (κ2) is 9.98. The Morgan fingerprint density at radius 3 is 1.92 bits per heavy atom. The van der Waals surface area contributed by atoms with Crippen molar-refractivity contribution in [3.63, 3.8) is 0 Å². The van der Waals surface area contributed by atoms with E-state index in [1.165, 1.54) is 6.08 Å². The van der Waals surface area contributed by atoms with Gasteiger partial charge in [-0.3, -0.25) is 15.0 Å². The summed E-state index contributed by atoms with van der Waals surface area (Å²) in [6.45, 7) is 0. The molecule has 0 saturated heterocycles. The predicted molar refractivity (Wildman–Crippen MR) is 144 cm³/mol. The average Bonchev–Trinajstić information content (AvgIpc) is 3.12. The zero-order chi connectivity index (χ0) is 27.2. The van der Waals surface area contributed by atoms with Crippen molar-refractivity contribution < 1.29 is 22.8 Å². The minimum atomic E-state index is -4.63. The minimum absolute atomic E-state index is 0.0193. The number of nitrogens with zero attached hydrogens (tertiary/aromatic N) is 1. The second-order valence-corrected chi connectivity index (χ2v) is 9.72. The molecular formula is C28H16Cl3F3N2O2. The molecule has 38 heavy (non-hydrogen) atoms. The molecule has 1 N–H and O–H groups in total. The highest BCUT2D eigenvalue weighted by molar-refractivity contribution is 6.48. The van der Waals surface area contributed by atoms with Crippen LogP contribution in [0.2, 0.25) is 15.1 Å². The van der Waals surface area contributed by atoms with E-state index >= 15 is 0 Å². The Morgan fingerprint density at radius 2 is 1.34 bits per heavy atom. The first kappa shape index (κ1) is 26.1. The molecule has 10 heteroatoms. The Bertz CT molecular complexity index is 1580. The molecule has 2 amide bonds. The van der Waals surface area contributed by atoms with E-state index in [0.717, 1.165) is 23.2 Å². The number of fused-ring (bicyclic) bond motifs is 2. The molecule has 192 valence electrons. The molecule has 0 fully saturated rings. The largest absolute Gasteiger partial charge is 0.399 e. The van der Waals surface area contributed by atoms with Gasteiger partial charge in [-0.05, 0) is 46.8 Å². The molecule has 0 spiro atoms. The Hall–Kier alpha value is -3.52. The van der Waals surface area contributed by atoms with Gasteiger partial charge in [-0.2, -0.15) is 18.2 Å². The highest BCUT2D eigenvalue weighted by atomic mass is 35.5. The number of hydrazine groups is 1. The van der Waals surface area contributed by atoms with Gasteiger partial charge in [0.25, 0.3) is 11.8 Å². The highest BCUT2D eigenvalue weighted by Crippen LogP contribution is 2.41. The third kappa shape index (κ3) is 4.73. The summed E-state index contributed by atoms with van der Waals surface area (Å²) in [4.78, 5) is 25.6. The maximum Gasteiger partial charge on any atom is 0.399 e. The van der Waals surface area contributed by atoms with Crippen LogP contribution in [0.1, 0.15) is 37.8 Å². The van der Waals surface area contributed by atoms with Crippen LogP contribution in [0.5, 0.6) is 0 Å². The molecule has 4 aromatic rings. The summed E-state index contributed by atoms with van der Waals surface area (Å²) < 4.78 is 42.0. The summed E-state index contributed by atoms with van der Waals surface area (Å²) in [6, 6.07) is 19.0. The zero-order valence-electron chi connectivity index (χ0n) is 19.2. The van der Waals surface area contributed by atoms with Crippen LogP contribution in [0.15, 0.2) is 78.9 Å². The summed E-state index contributed by atoms with van der Waals surface area (Å²) in [6.07, 6.45) is -2.24. The number of allylic oxidation sites excluding steroid dienone is 1. The number of hydrogen-bond acceptors (Lipinski definition) is 3. The quantitative estimate of drug-likeness (QED) is 0.191. The molecule has 5 rings (SSSR count). The lowest BCUT2D eigenvalue weighted by Gasteiger charge is -2.20. The van der Waals surface area contributed by atoms with Gasteiger partial charge in [-0.1, -0.05) is 89.4 Å². The van der Waals surface area contributed by atoms with Crippen molar-refractivity contribution in [2.75, 3.05) is 5.43 Å². The molecule has 4 nitrogen and oxygen atoms in total. The average molecular weight is 576 g/mol. The standard InChI is InChI=1S/C28H16Cl3F3N2O2/c29-22-13-16(14-23(30)25(22)31)21(28(32,33)34)11-9-15-10-12-24(18-6-2-1-5-17(15)18)35-36-26(37)19-7-3-4-8-20(19)27(36)38/h1-14,21,35H/b11-9+. The lowest BCUT2D eigenvalue weighted by atomic mass is 9.95. The first-order valence-electron chi connectivity index (χ1n) is 11.2. The first-order chi connectivity index (χ1) is 18.1. The lowest BCUT2D eigenvalue weighted by Crippen LogP contribution is -2.35. The molecule has 1 unspecified atom stereocenters. The fourth-order valence-electron chi connectivity index (χ4n) is 4.34.